The molecule has 1 aliphatic carbocycles. The van der Waals surface area contributed by atoms with Crippen LogP contribution in [0, 0.1) is 5.41 Å². The van der Waals surface area contributed by atoms with E-state index in [0.29, 0.717) is 11.5 Å². The van der Waals surface area contributed by atoms with Gasteiger partial charge in [-0.05, 0) is 25.3 Å². The van der Waals surface area contributed by atoms with Crippen molar-refractivity contribution in [2.24, 2.45) is 5.41 Å². The van der Waals surface area contributed by atoms with Gasteiger partial charge in [0, 0.05) is 25.5 Å². The van der Waals surface area contributed by atoms with Crippen LogP contribution in [-0.2, 0) is 14.2 Å². The molecule has 2 rings (SSSR count). The van der Waals surface area contributed by atoms with Crippen LogP contribution in [0.25, 0.3) is 0 Å². The molecule has 1 aliphatic heterocycles. The molecule has 0 amide bonds. The van der Waals surface area contributed by atoms with E-state index in [1.807, 2.05) is 7.05 Å². The Morgan fingerprint density at radius 2 is 1.95 bits per heavy atom. The first-order valence-corrected chi connectivity index (χ1v) is 7.51. The Labute approximate surface area is 117 Å². The summed E-state index contributed by atoms with van der Waals surface area (Å²) in [5.74, 6) is -0.361. The molecule has 2 fully saturated rings. The minimum Gasteiger partial charge on any atom is -0.376 e. The summed E-state index contributed by atoms with van der Waals surface area (Å²) in [5.41, 5.74) is 0.321. The highest BCUT2D eigenvalue weighted by Crippen LogP contribution is 2.37. The smallest absolute Gasteiger partial charge is 0.171 e. The van der Waals surface area contributed by atoms with Crippen molar-refractivity contribution in [2.75, 3.05) is 26.9 Å². The van der Waals surface area contributed by atoms with E-state index in [2.05, 4.69) is 26.1 Å². The fraction of sp³-hybridized carbons (Fsp3) is 1.00. The zero-order valence-electron chi connectivity index (χ0n) is 12.8. The molecule has 0 aromatic rings. The minimum atomic E-state index is -0.361. The summed E-state index contributed by atoms with van der Waals surface area (Å²) in [5, 5.41) is 3.37. The average Bonchev–Trinajstić information content (AvgIpc) is 2.76. The third kappa shape index (κ3) is 4.15. The van der Waals surface area contributed by atoms with Crippen LogP contribution in [0.3, 0.4) is 0 Å². The van der Waals surface area contributed by atoms with Crippen LogP contribution in [0.5, 0.6) is 0 Å². The summed E-state index contributed by atoms with van der Waals surface area (Å²) in [6.45, 7) is 8.99. The maximum absolute atomic E-state index is 6.13. The van der Waals surface area contributed by atoms with E-state index >= 15 is 0 Å². The van der Waals surface area contributed by atoms with Gasteiger partial charge in [0.2, 0.25) is 0 Å². The van der Waals surface area contributed by atoms with Gasteiger partial charge in [-0.1, -0.05) is 20.8 Å². The molecule has 19 heavy (non-hydrogen) atoms. The summed E-state index contributed by atoms with van der Waals surface area (Å²) >= 11 is 0. The molecule has 1 saturated carbocycles. The van der Waals surface area contributed by atoms with E-state index in [4.69, 9.17) is 14.2 Å². The highest BCUT2D eigenvalue weighted by molar-refractivity contribution is 4.92. The number of likely N-dealkylation sites (N-methyl/N-ethyl adjacent to an activating group) is 1. The summed E-state index contributed by atoms with van der Waals surface area (Å²) in [4.78, 5) is 0. The lowest BCUT2D eigenvalue weighted by Gasteiger charge is -2.41. The van der Waals surface area contributed by atoms with Gasteiger partial charge in [0.25, 0.3) is 0 Å². The van der Waals surface area contributed by atoms with Crippen LogP contribution >= 0.6 is 0 Å². The van der Waals surface area contributed by atoms with Gasteiger partial charge in [0.1, 0.15) is 0 Å². The second-order valence-corrected chi connectivity index (χ2v) is 6.97. The highest BCUT2D eigenvalue weighted by atomic mass is 16.7. The molecular weight excluding hydrogens is 242 g/mol. The van der Waals surface area contributed by atoms with Gasteiger partial charge in [-0.15, -0.1) is 0 Å². The second-order valence-electron chi connectivity index (χ2n) is 6.97. The molecule has 2 unspecified atom stereocenters. The molecule has 2 aliphatic rings. The first kappa shape index (κ1) is 15.2. The third-order valence-electron chi connectivity index (χ3n) is 4.17. The monoisotopic (exact) mass is 271 g/mol. The zero-order chi connectivity index (χ0) is 13.9. The molecule has 0 aromatic carbocycles. The van der Waals surface area contributed by atoms with Gasteiger partial charge in [-0.25, -0.2) is 0 Å². The Hall–Kier alpha value is -0.160. The molecule has 0 aromatic heterocycles. The predicted octanol–water partition coefficient (Wildman–Crippen LogP) is 2.32. The van der Waals surface area contributed by atoms with Crippen LogP contribution in [0.1, 0.15) is 46.5 Å². The number of hydrogen-bond donors (Lipinski definition) is 1. The summed E-state index contributed by atoms with van der Waals surface area (Å²) in [6, 6.07) is 0.415. The lowest BCUT2D eigenvalue weighted by atomic mass is 9.87. The molecule has 0 bridgehead atoms. The first-order chi connectivity index (χ1) is 8.94. The molecule has 1 heterocycles. The van der Waals surface area contributed by atoms with Gasteiger partial charge in [-0.3, -0.25) is 0 Å². The molecule has 1 N–H and O–H groups in total. The normalized spacial score (nSPS) is 30.9. The SMILES string of the molecule is CNC1CCC2(CC1OCCC(C)(C)C)OCCO2. The van der Waals surface area contributed by atoms with Gasteiger partial charge in [0.05, 0.1) is 19.3 Å². The van der Waals surface area contributed by atoms with Crippen molar-refractivity contribution in [1.82, 2.24) is 5.32 Å². The molecule has 1 spiro atoms. The van der Waals surface area contributed by atoms with Gasteiger partial charge in [-0.2, -0.15) is 0 Å². The van der Waals surface area contributed by atoms with Crippen molar-refractivity contribution >= 4 is 0 Å². The Morgan fingerprint density at radius 1 is 1.26 bits per heavy atom. The Morgan fingerprint density at radius 3 is 2.53 bits per heavy atom. The molecular formula is C15H29NO3. The van der Waals surface area contributed by atoms with Crippen molar-refractivity contribution in [1.29, 1.82) is 0 Å². The maximum atomic E-state index is 6.13. The highest BCUT2D eigenvalue weighted by Gasteiger charge is 2.45. The summed E-state index contributed by atoms with van der Waals surface area (Å²) in [6.07, 6.45) is 4.14. The molecule has 4 nitrogen and oxygen atoms in total. The number of nitrogens with one attached hydrogen (secondary N) is 1. The number of ether oxygens (including phenoxy) is 3. The fourth-order valence-electron chi connectivity index (χ4n) is 2.89. The Bertz CT molecular complexity index is 282. The summed E-state index contributed by atoms with van der Waals surface area (Å²) < 4.78 is 17.8. The topological polar surface area (TPSA) is 39.7 Å². The van der Waals surface area contributed by atoms with E-state index in [0.717, 1.165) is 45.5 Å². The van der Waals surface area contributed by atoms with Crippen LogP contribution in [0.4, 0.5) is 0 Å². The molecule has 0 radical (unpaired) electrons. The quantitative estimate of drug-likeness (QED) is 0.852. The molecule has 1 saturated heterocycles. The predicted molar refractivity (Wildman–Crippen MR) is 75.1 cm³/mol. The Balaban J connectivity index is 1.87. The third-order valence-corrected chi connectivity index (χ3v) is 4.17. The van der Waals surface area contributed by atoms with Crippen LogP contribution in [0.15, 0.2) is 0 Å². The standard InChI is InChI=1S/C15H29NO3/c1-14(2,3)7-8-17-13-11-15(18-9-10-19-15)6-5-12(13)16-4/h12-13,16H,5-11H2,1-4H3. The van der Waals surface area contributed by atoms with Crippen molar-refractivity contribution in [3.05, 3.63) is 0 Å². The fourth-order valence-corrected chi connectivity index (χ4v) is 2.89. The number of rotatable bonds is 4. The van der Waals surface area contributed by atoms with Crippen LogP contribution in [-0.4, -0.2) is 44.8 Å². The lowest BCUT2D eigenvalue weighted by Crippen LogP contribution is -2.51. The largest absolute Gasteiger partial charge is 0.376 e. The molecule has 112 valence electrons. The van der Waals surface area contributed by atoms with E-state index in [1.54, 1.807) is 0 Å². The van der Waals surface area contributed by atoms with E-state index in [9.17, 15) is 0 Å². The molecule has 2 atom stereocenters. The lowest BCUT2D eigenvalue weighted by molar-refractivity contribution is -0.207. The van der Waals surface area contributed by atoms with E-state index < -0.39 is 0 Å². The van der Waals surface area contributed by atoms with Gasteiger partial charge < -0.3 is 19.5 Å². The van der Waals surface area contributed by atoms with E-state index in [-0.39, 0.29) is 11.9 Å². The van der Waals surface area contributed by atoms with Crippen molar-refractivity contribution in [3.63, 3.8) is 0 Å². The summed E-state index contributed by atoms with van der Waals surface area (Å²) in [7, 11) is 2.01. The molecule has 4 heteroatoms. The van der Waals surface area contributed by atoms with Crippen molar-refractivity contribution in [3.8, 4) is 0 Å². The Kier molecular flexibility index (Phi) is 4.88. The van der Waals surface area contributed by atoms with Gasteiger partial charge >= 0.3 is 0 Å². The van der Waals surface area contributed by atoms with Crippen molar-refractivity contribution < 1.29 is 14.2 Å². The zero-order valence-corrected chi connectivity index (χ0v) is 12.8. The number of hydrogen-bond acceptors (Lipinski definition) is 4. The second kappa shape index (κ2) is 6.08. The van der Waals surface area contributed by atoms with E-state index in [1.165, 1.54) is 0 Å². The minimum absolute atomic E-state index is 0.194. The first-order valence-electron chi connectivity index (χ1n) is 7.51. The van der Waals surface area contributed by atoms with Gasteiger partial charge in [0.15, 0.2) is 5.79 Å². The maximum Gasteiger partial charge on any atom is 0.171 e. The van der Waals surface area contributed by atoms with Crippen molar-refractivity contribution in [2.45, 2.75) is 64.4 Å². The van der Waals surface area contributed by atoms with Crippen LogP contribution < -0.4 is 5.32 Å². The van der Waals surface area contributed by atoms with Crippen LogP contribution in [0.2, 0.25) is 0 Å². The average molecular weight is 271 g/mol.